The number of hydrogen-bond acceptors (Lipinski definition) is 7. The minimum absolute atomic E-state index is 0.00519. The number of nitrogens with zero attached hydrogens (tertiary/aromatic N) is 4. The zero-order chi connectivity index (χ0) is 30.1. The predicted molar refractivity (Wildman–Crippen MR) is 146 cm³/mol. The van der Waals surface area contributed by atoms with Crippen molar-refractivity contribution in [1.29, 1.82) is 5.26 Å². The third-order valence-corrected chi connectivity index (χ3v) is 7.38. The summed E-state index contributed by atoms with van der Waals surface area (Å²) in [5, 5.41) is 8.96. The van der Waals surface area contributed by atoms with Gasteiger partial charge in [0.1, 0.15) is 11.6 Å². The molecule has 0 aromatic heterocycles. The van der Waals surface area contributed by atoms with E-state index in [4.69, 9.17) is 27.0 Å². The molecule has 4 rings (SSSR count). The molecule has 0 unspecified atom stereocenters. The van der Waals surface area contributed by atoms with Crippen molar-refractivity contribution in [2.75, 3.05) is 36.0 Å². The number of piperidine rings is 1. The molecule has 0 atom stereocenters. The van der Waals surface area contributed by atoms with Crippen LogP contribution in [0.3, 0.4) is 0 Å². The Labute approximate surface area is 240 Å². The Kier molecular flexibility index (Phi) is 8.56. The quantitative estimate of drug-likeness (QED) is 0.251. The molecule has 2 heterocycles. The molecule has 0 radical (unpaired) electrons. The van der Waals surface area contributed by atoms with Crippen LogP contribution in [-0.4, -0.2) is 59.8 Å². The van der Waals surface area contributed by atoms with Gasteiger partial charge in [-0.2, -0.15) is 18.4 Å². The minimum Gasteiger partial charge on any atom is -0.487 e. The highest BCUT2D eigenvalue weighted by Crippen LogP contribution is 2.40. The predicted octanol–water partition coefficient (Wildman–Crippen LogP) is 5.04. The summed E-state index contributed by atoms with van der Waals surface area (Å²) in [5.41, 5.74) is -3.07. The molecule has 1 amide bonds. The fourth-order valence-electron chi connectivity index (χ4n) is 4.94. The van der Waals surface area contributed by atoms with Gasteiger partial charge in [0.05, 0.1) is 36.0 Å². The van der Waals surface area contributed by atoms with E-state index in [-0.39, 0.29) is 40.9 Å². The smallest absolute Gasteiger partial charge is 0.417 e. The van der Waals surface area contributed by atoms with Crippen molar-refractivity contribution >= 4 is 40.6 Å². The lowest BCUT2D eigenvalue weighted by Gasteiger charge is -2.32. The van der Waals surface area contributed by atoms with Crippen LogP contribution < -0.4 is 14.5 Å². The van der Waals surface area contributed by atoms with Crippen molar-refractivity contribution in [2.45, 2.75) is 51.4 Å². The summed E-state index contributed by atoms with van der Waals surface area (Å²) in [4.78, 5) is 29.4. The summed E-state index contributed by atoms with van der Waals surface area (Å²) in [6, 6.07) is 8.52. The second kappa shape index (κ2) is 11.6. The van der Waals surface area contributed by atoms with Crippen molar-refractivity contribution in [3.05, 3.63) is 53.3 Å². The Morgan fingerprint density at radius 2 is 1.80 bits per heavy atom. The van der Waals surface area contributed by atoms with E-state index >= 15 is 4.39 Å². The number of halogens is 4. The summed E-state index contributed by atoms with van der Waals surface area (Å²) in [5.74, 6) is -1.60. The van der Waals surface area contributed by atoms with Gasteiger partial charge in [-0.3, -0.25) is 19.4 Å². The number of rotatable bonds is 7. The lowest BCUT2D eigenvalue weighted by molar-refractivity contribution is -0.145. The second-order valence-electron chi connectivity index (χ2n) is 10.2. The molecule has 218 valence electrons. The zero-order valence-corrected chi connectivity index (χ0v) is 23.4. The molecule has 2 aromatic carbocycles. The largest absolute Gasteiger partial charge is 0.487 e. The first-order valence-corrected chi connectivity index (χ1v) is 13.3. The highest BCUT2D eigenvalue weighted by atomic mass is 32.1. The minimum atomic E-state index is -4.82. The first-order chi connectivity index (χ1) is 19.3. The standard InChI is InChI=1S/C28H28F4N4O4S/c1-4-39-24(37)16-34-11-9-20(10-12-34)40-23-8-7-19(14-22(23)29)36-26(41)35(25(38)27(36,2)3)18-6-5-17(15-33)21(13-18)28(30,31)32/h5-8,13-14,20H,4,9-12,16H2,1-3H3. The number of carbonyl (C=O) groups excluding carboxylic acids is 2. The van der Waals surface area contributed by atoms with Crippen LogP contribution in [-0.2, 0) is 20.5 Å². The molecule has 41 heavy (non-hydrogen) atoms. The van der Waals surface area contributed by atoms with Crippen LogP contribution in [0.15, 0.2) is 36.4 Å². The molecular weight excluding hydrogens is 564 g/mol. The van der Waals surface area contributed by atoms with E-state index in [0.29, 0.717) is 38.6 Å². The number of ether oxygens (including phenoxy) is 2. The number of thiocarbonyl (C=S) groups is 1. The molecule has 8 nitrogen and oxygen atoms in total. The van der Waals surface area contributed by atoms with Crippen LogP contribution in [0, 0.1) is 17.1 Å². The highest BCUT2D eigenvalue weighted by molar-refractivity contribution is 7.81. The van der Waals surface area contributed by atoms with Gasteiger partial charge >= 0.3 is 12.1 Å². The Hall–Kier alpha value is -3.76. The van der Waals surface area contributed by atoms with Gasteiger partial charge in [-0.25, -0.2) is 4.39 Å². The van der Waals surface area contributed by atoms with Crippen LogP contribution in [0.1, 0.15) is 44.7 Å². The summed E-state index contributed by atoms with van der Waals surface area (Å²) < 4.78 is 66.8. The highest BCUT2D eigenvalue weighted by Gasteiger charge is 2.51. The summed E-state index contributed by atoms with van der Waals surface area (Å²) in [7, 11) is 0. The number of anilines is 2. The van der Waals surface area contributed by atoms with Gasteiger partial charge in [0, 0.05) is 24.8 Å². The van der Waals surface area contributed by atoms with E-state index in [0.717, 1.165) is 17.0 Å². The van der Waals surface area contributed by atoms with Crippen molar-refractivity contribution in [2.24, 2.45) is 0 Å². The maximum absolute atomic E-state index is 15.2. The van der Waals surface area contributed by atoms with E-state index in [2.05, 4.69) is 0 Å². The number of likely N-dealkylation sites (tertiary alicyclic amines) is 1. The molecule has 0 saturated carbocycles. The number of alkyl halides is 3. The molecule has 0 N–H and O–H groups in total. The molecule has 2 aliphatic rings. The second-order valence-corrected chi connectivity index (χ2v) is 10.5. The summed E-state index contributed by atoms with van der Waals surface area (Å²) >= 11 is 5.51. The fourth-order valence-corrected chi connectivity index (χ4v) is 5.46. The number of esters is 1. The monoisotopic (exact) mass is 592 g/mol. The van der Waals surface area contributed by atoms with Crippen molar-refractivity contribution in [1.82, 2.24) is 4.90 Å². The molecule has 2 aliphatic heterocycles. The molecule has 0 bridgehead atoms. The Morgan fingerprint density at radius 1 is 1.15 bits per heavy atom. The normalized spacial score (nSPS) is 18.0. The van der Waals surface area contributed by atoms with Crippen molar-refractivity contribution < 1.29 is 36.6 Å². The SMILES string of the molecule is CCOC(=O)CN1CCC(Oc2ccc(N3C(=S)N(c4ccc(C#N)c(C(F)(F)F)c4)C(=O)C3(C)C)cc2F)CC1. The molecule has 2 saturated heterocycles. The van der Waals surface area contributed by atoms with Gasteiger partial charge in [0.25, 0.3) is 5.91 Å². The molecule has 2 aromatic rings. The third kappa shape index (κ3) is 6.13. The van der Waals surface area contributed by atoms with Crippen LogP contribution in [0.5, 0.6) is 5.75 Å². The lowest BCUT2D eigenvalue weighted by atomic mass is 10.0. The van der Waals surface area contributed by atoms with Crippen LogP contribution in [0.2, 0.25) is 0 Å². The van der Waals surface area contributed by atoms with Gasteiger partial charge in [-0.05, 0) is 76.2 Å². The Bertz CT molecular complexity index is 1400. The average molecular weight is 593 g/mol. The van der Waals surface area contributed by atoms with E-state index < -0.39 is 34.6 Å². The topological polar surface area (TPSA) is 86.1 Å². The van der Waals surface area contributed by atoms with E-state index in [1.807, 2.05) is 4.90 Å². The molecule has 2 fully saturated rings. The number of hydrogen-bond donors (Lipinski definition) is 0. The lowest BCUT2D eigenvalue weighted by Crippen LogP contribution is -2.44. The van der Waals surface area contributed by atoms with Gasteiger partial charge in [-0.1, -0.05) is 0 Å². The van der Waals surface area contributed by atoms with Gasteiger partial charge in [0.2, 0.25) is 0 Å². The van der Waals surface area contributed by atoms with Crippen LogP contribution >= 0.6 is 12.2 Å². The van der Waals surface area contributed by atoms with Crippen molar-refractivity contribution in [3.63, 3.8) is 0 Å². The third-order valence-electron chi connectivity index (χ3n) is 7.02. The maximum Gasteiger partial charge on any atom is 0.417 e. The number of carbonyl (C=O) groups is 2. The van der Waals surface area contributed by atoms with Gasteiger partial charge in [-0.15, -0.1) is 0 Å². The van der Waals surface area contributed by atoms with Gasteiger partial charge in [0.15, 0.2) is 16.7 Å². The summed E-state index contributed by atoms with van der Waals surface area (Å²) in [6.07, 6.45) is -3.93. The molecular formula is C28H28F4N4O4S. The maximum atomic E-state index is 15.2. The summed E-state index contributed by atoms with van der Waals surface area (Å²) in [6.45, 7) is 6.47. The molecule has 0 spiro atoms. The van der Waals surface area contributed by atoms with E-state index in [9.17, 15) is 22.8 Å². The molecule has 13 heteroatoms. The Balaban J connectivity index is 1.51. The zero-order valence-electron chi connectivity index (χ0n) is 22.6. The Morgan fingerprint density at radius 3 is 2.39 bits per heavy atom. The van der Waals surface area contributed by atoms with Crippen LogP contribution in [0.4, 0.5) is 28.9 Å². The van der Waals surface area contributed by atoms with E-state index in [1.165, 1.54) is 43.0 Å². The fraction of sp³-hybridized carbons (Fsp3) is 0.429. The van der Waals surface area contributed by atoms with Gasteiger partial charge < -0.3 is 14.4 Å². The first-order valence-electron chi connectivity index (χ1n) is 12.9. The van der Waals surface area contributed by atoms with Crippen molar-refractivity contribution in [3.8, 4) is 11.8 Å². The average Bonchev–Trinajstić information content (AvgIpc) is 3.08. The number of amides is 1. The first kappa shape index (κ1) is 30.2. The number of benzene rings is 2. The number of nitriles is 1. The van der Waals surface area contributed by atoms with E-state index in [1.54, 1.807) is 6.92 Å². The molecule has 0 aliphatic carbocycles. The van der Waals surface area contributed by atoms with Crippen LogP contribution in [0.25, 0.3) is 0 Å².